The summed E-state index contributed by atoms with van der Waals surface area (Å²) in [5.74, 6) is 0. The Morgan fingerprint density at radius 3 is 2.53 bits per heavy atom. The molecule has 0 aliphatic rings. The Kier molecular flexibility index (Phi) is 3.50. The molecule has 0 saturated carbocycles. The SMILES string of the molecule is CCc1cc(C(O)c2ccc(Cl)cc2)n(C)n1. The maximum absolute atomic E-state index is 10.3. The summed E-state index contributed by atoms with van der Waals surface area (Å²) in [5.41, 5.74) is 2.60. The van der Waals surface area contributed by atoms with E-state index in [1.807, 2.05) is 32.2 Å². The van der Waals surface area contributed by atoms with Crippen molar-refractivity contribution in [2.24, 2.45) is 7.05 Å². The van der Waals surface area contributed by atoms with E-state index in [4.69, 9.17) is 11.6 Å². The van der Waals surface area contributed by atoms with Crippen molar-refractivity contribution in [1.82, 2.24) is 9.78 Å². The minimum atomic E-state index is -0.662. The molecule has 0 amide bonds. The highest BCUT2D eigenvalue weighted by Gasteiger charge is 2.15. The van der Waals surface area contributed by atoms with Crippen molar-refractivity contribution in [3.63, 3.8) is 0 Å². The first kappa shape index (κ1) is 12.1. The Morgan fingerprint density at radius 2 is 2.00 bits per heavy atom. The summed E-state index contributed by atoms with van der Waals surface area (Å²) in [6.45, 7) is 2.04. The van der Waals surface area contributed by atoms with Gasteiger partial charge in [-0.15, -0.1) is 0 Å². The van der Waals surface area contributed by atoms with E-state index in [1.54, 1.807) is 16.8 Å². The van der Waals surface area contributed by atoms with Gasteiger partial charge in [0.15, 0.2) is 0 Å². The van der Waals surface area contributed by atoms with Crippen LogP contribution in [-0.4, -0.2) is 14.9 Å². The molecule has 2 aromatic rings. The van der Waals surface area contributed by atoms with Crippen LogP contribution in [0.3, 0.4) is 0 Å². The van der Waals surface area contributed by atoms with Crippen LogP contribution < -0.4 is 0 Å². The number of aryl methyl sites for hydroxylation is 2. The summed E-state index contributed by atoms with van der Waals surface area (Å²) < 4.78 is 1.72. The lowest BCUT2D eigenvalue weighted by atomic mass is 10.1. The highest BCUT2D eigenvalue weighted by atomic mass is 35.5. The zero-order valence-corrected chi connectivity index (χ0v) is 10.6. The van der Waals surface area contributed by atoms with Gasteiger partial charge in [0.25, 0.3) is 0 Å². The van der Waals surface area contributed by atoms with Crippen LogP contribution in [0.25, 0.3) is 0 Å². The van der Waals surface area contributed by atoms with Crippen molar-refractivity contribution in [2.75, 3.05) is 0 Å². The van der Waals surface area contributed by atoms with Gasteiger partial charge >= 0.3 is 0 Å². The van der Waals surface area contributed by atoms with E-state index in [0.717, 1.165) is 23.4 Å². The first-order valence-electron chi connectivity index (χ1n) is 5.58. The van der Waals surface area contributed by atoms with Crippen molar-refractivity contribution < 1.29 is 5.11 Å². The van der Waals surface area contributed by atoms with Gasteiger partial charge in [-0.05, 0) is 30.2 Å². The molecule has 0 aliphatic heterocycles. The standard InChI is InChI=1S/C13H15ClN2O/c1-3-11-8-12(16(2)15-11)13(17)9-4-6-10(14)7-5-9/h4-8,13,17H,3H2,1-2H3. The average molecular weight is 251 g/mol. The molecular formula is C13H15ClN2O. The van der Waals surface area contributed by atoms with Crippen molar-refractivity contribution in [3.05, 3.63) is 52.3 Å². The maximum atomic E-state index is 10.3. The van der Waals surface area contributed by atoms with Gasteiger partial charge in [-0.25, -0.2) is 0 Å². The third-order valence-corrected chi connectivity index (χ3v) is 3.05. The van der Waals surface area contributed by atoms with Crippen LogP contribution in [0.15, 0.2) is 30.3 Å². The molecule has 90 valence electrons. The Labute approximate surface area is 106 Å². The Bertz CT molecular complexity index is 505. The molecule has 1 unspecified atom stereocenters. The van der Waals surface area contributed by atoms with Crippen LogP contribution in [-0.2, 0) is 13.5 Å². The molecule has 0 aliphatic carbocycles. The summed E-state index contributed by atoms with van der Waals surface area (Å²) in [6, 6.07) is 9.13. The number of aliphatic hydroxyl groups is 1. The molecule has 0 radical (unpaired) electrons. The lowest BCUT2D eigenvalue weighted by Crippen LogP contribution is -2.06. The van der Waals surface area contributed by atoms with E-state index in [0.29, 0.717) is 5.02 Å². The van der Waals surface area contributed by atoms with Crippen molar-refractivity contribution in [1.29, 1.82) is 0 Å². The highest BCUT2D eigenvalue weighted by molar-refractivity contribution is 6.30. The molecule has 0 bridgehead atoms. The highest BCUT2D eigenvalue weighted by Crippen LogP contribution is 2.23. The summed E-state index contributed by atoms with van der Waals surface area (Å²) >= 11 is 5.82. The molecule has 1 N–H and O–H groups in total. The zero-order chi connectivity index (χ0) is 12.4. The van der Waals surface area contributed by atoms with Crippen molar-refractivity contribution in [3.8, 4) is 0 Å². The third-order valence-electron chi connectivity index (χ3n) is 2.79. The molecule has 0 spiro atoms. The lowest BCUT2D eigenvalue weighted by molar-refractivity contribution is 0.210. The van der Waals surface area contributed by atoms with Gasteiger partial charge < -0.3 is 5.11 Å². The quantitative estimate of drug-likeness (QED) is 0.910. The van der Waals surface area contributed by atoms with E-state index in [-0.39, 0.29) is 0 Å². The topological polar surface area (TPSA) is 38.0 Å². The van der Waals surface area contributed by atoms with Gasteiger partial charge in [-0.2, -0.15) is 5.10 Å². The molecule has 0 saturated heterocycles. The van der Waals surface area contributed by atoms with E-state index < -0.39 is 6.10 Å². The molecule has 1 aromatic heterocycles. The second kappa shape index (κ2) is 4.90. The molecule has 4 heteroatoms. The monoisotopic (exact) mass is 250 g/mol. The summed E-state index contributed by atoms with van der Waals surface area (Å²) in [7, 11) is 1.84. The third kappa shape index (κ3) is 2.51. The van der Waals surface area contributed by atoms with Crippen molar-refractivity contribution in [2.45, 2.75) is 19.4 Å². The number of hydrogen-bond acceptors (Lipinski definition) is 2. The fourth-order valence-electron chi connectivity index (χ4n) is 1.79. The van der Waals surface area contributed by atoms with E-state index in [1.165, 1.54) is 0 Å². The van der Waals surface area contributed by atoms with E-state index in [9.17, 15) is 5.11 Å². The molecule has 17 heavy (non-hydrogen) atoms. The largest absolute Gasteiger partial charge is 0.382 e. The molecular weight excluding hydrogens is 236 g/mol. The summed E-state index contributed by atoms with van der Waals surface area (Å²) in [6.07, 6.45) is 0.200. The average Bonchev–Trinajstić information content (AvgIpc) is 2.71. The van der Waals surface area contributed by atoms with Crippen LogP contribution in [0.5, 0.6) is 0 Å². The fourth-order valence-corrected chi connectivity index (χ4v) is 1.91. The molecule has 3 nitrogen and oxygen atoms in total. The Hall–Kier alpha value is -1.32. The molecule has 2 rings (SSSR count). The second-order valence-electron chi connectivity index (χ2n) is 3.99. The maximum Gasteiger partial charge on any atom is 0.121 e. The number of aliphatic hydroxyl groups excluding tert-OH is 1. The van der Waals surface area contributed by atoms with Crippen LogP contribution in [0.4, 0.5) is 0 Å². The molecule has 1 heterocycles. The Morgan fingerprint density at radius 1 is 1.35 bits per heavy atom. The molecule has 1 aromatic carbocycles. The number of hydrogen-bond donors (Lipinski definition) is 1. The number of nitrogens with zero attached hydrogens (tertiary/aromatic N) is 2. The minimum absolute atomic E-state index is 0.662. The van der Waals surface area contributed by atoms with Gasteiger partial charge in [-0.3, -0.25) is 4.68 Å². The first-order chi connectivity index (χ1) is 8.11. The van der Waals surface area contributed by atoms with Crippen LogP contribution in [0.2, 0.25) is 5.02 Å². The molecule has 1 atom stereocenters. The minimum Gasteiger partial charge on any atom is -0.382 e. The van der Waals surface area contributed by atoms with Gasteiger partial charge in [0.1, 0.15) is 6.10 Å². The predicted molar refractivity (Wildman–Crippen MR) is 68.1 cm³/mol. The van der Waals surface area contributed by atoms with Crippen LogP contribution >= 0.6 is 11.6 Å². The number of halogens is 1. The first-order valence-corrected chi connectivity index (χ1v) is 5.96. The Balaban J connectivity index is 2.32. The van der Waals surface area contributed by atoms with Crippen molar-refractivity contribution >= 4 is 11.6 Å². The van der Waals surface area contributed by atoms with Crippen LogP contribution in [0, 0.1) is 0 Å². The van der Waals surface area contributed by atoms with Gasteiger partial charge in [0.2, 0.25) is 0 Å². The number of aromatic nitrogens is 2. The predicted octanol–water partition coefficient (Wildman–Crippen LogP) is 2.72. The van der Waals surface area contributed by atoms with E-state index >= 15 is 0 Å². The smallest absolute Gasteiger partial charge is 0.121 e. The van der Waals surface area contributed by atoms with Gasteiger partial charge in [0.05, 0.1) is 11.4 Å². The zero-order valence-electron chi connectivity index (χ0n) is 9.89. The number of benzene rings is 1. The summed E-state index contributed by atoms with van der Waals surface area (Å²) in [5, 5.41) is 15.3. The number of rotatable bonds is 3. The summed E-state index contributed by atoms with van der Waals surface area (Å²) in [4.78, 5) is 0. The fraction of sp³-hybridized carbons (Fsp3) is 0.308. The van der Waals surface area contributed by atoms with E-state index in [2.05, 4.69) is 5.10 Å². The van der Waals surface area contributed by atoms with Gasteiger partial charge in [-0.1, -0.05) is 30.7 Å². The van der Waals surface area contributed by atoms with Gasteiger partial charge in [0, 0.05) is 12.1 Å². The molecule has 0 fully saturated rings. The van der Waals surface area contributed by atoms with Crippen LogP contribution in [0.1, 0.15) is 30.0 Å². The second-order valence-corrected chi connectivity index (χ2v) is 4.43. The lowest BCUT2D eigenvalue weighted by Gasteiger charge is -2.11. The normalized spacial score (nSPS) is 12.7.